The molecule has 3 amide bonds. The molecule has 0 spiro atoms. The second-order valence-electron chi connectivity index (χ2n) is 22.7. The smallest absolute Gasteiger partial charge is 0.324 e. The highest BCUT2D eigenvalue weighted by atomic mass is 32.2. The molecule has 1 aromatic heterocycles. The minimum absolute atomic E-state index is 0.0418. The fourth-order valence-corrected chi connectivity index (χ4v) is 13.0. The summed E-state index contributed by atoms with van der Waals surface area (Å²) in [6.45, 7) is 14.8. The third-order valence-electron chi connectivity index (χ3n) is 16.0. The number of phenolic OH excluding ortho intramolecular Hbond substituents is 1. The number of rotatable bonds is 10. The number of nitrogen functional groups attached to an aromatic ring is 1. The third-order valence-corrected chi connectivity index (χ3v) is 17.6. The molecule has 6 N–H and O–H groups in total. The van der Waals surface area contributed by atoms with E-state index < -0.39 is 57.1 Å². The number of phenols is 1. The van der Waals surface area contributed by atoms with E-state index in [9.17, 15) is 32.7 Å². The number of esters is 1. The Morgan fingerprint density at radius 3 is 2.49 bits per heavy atom. The number of carbonyl (C=O) groups excluding carboxylic acids is 4. The van der Waals surface area contributed by atoms with Gasteiger partial charge in [0, 0.05) is 105 Å². The number of aryl methyl sites for hydroxylation is 1. The van der Waals surface area contributed by atoms with Gasteiger partial charge in [-0.15, -0.1) is 0 Å². The van der Waals surface area contributed by atoms with Crippen LogP contribution >= 0.6 is 0 Å². The number of fused-ring (bicyclic) bond motifs is 6. The molecule has 3 fully saturated rings. The summed E-state index contributed by atoms with van der Waals surface area (Å²) in [7, 11) is 0.187. The van der Waals surface area contributed by atoms with Gasteiger partial charge in [0.1, 0.15) is 29.6 Å². The first-order valence-electron chi connectivity index (χ1n) is 27.7. The summed E-state index contributed by atoms with van der Waals surface area (Å²) in [5, 5.41) is 20.5. The molecule has 0 unspecified atom stereocenters. The maximum atomic E-state index is 14.9. The molecule has 9 rings (SSSR count). The van der Waals surface area contributed by atoms with Crippen LogP contribution in [0.3, 0.4) is 0 Å². The van der Waals surface area contributed by atoms with Gasteiger partial charge >= 0.3 is 5.97 Å². The van der Waals surface area contributed by atoms with Crippen LogP contribution in [0.25, 0.3) is 27.6 Å². The second-order valence-corrected chi connectivity index (χ2v) is 25.0. The van der Waals surface area contributed by atoms with Gasteiger partial charge in [-0.05, 0) is 129 Å². The summed E-state index contributed by atoms with van der Waals surface area (Å²) in [4.78, 5) is 61.6. The van der Waals surface area contributed by atoms with Crippen LogP contribution < -0.4 is 21.8 Å². The van der Waals surface area contributed by atoms with Crippen LogP contribution in [0.5, 0.6) is 5.75 Å². The molecule has 426 valence electrons. The Morgan fingerprint density at radius 1 is 1.02 bits per heavy atom. The molecule has 3 aromatic carbocycles. The lowest BCUT2D eigenvalue weighted by atomic mass is 9.83. The number of nitrogens with one attached hydrogen (secondary N) is 3. The molecule has 6 heterocycles. The number of carbonyl (C=O) groups is 4. The van der Waals surface area contributed by atoms with Crippen LogP contribution in [0.15, 0.2) is 89.3 Å². The fourth-order valence-electron chi connectivity index (χ4n) is 11.7. The van der Waals surface area contributed by atoms with E-state index in [4.69, 9.17) is 19.9 Å². The van der Waals surface area contributed by atoms with Crippen molar-refractivity contribution in [2.24, 2.45) is 5.41 Å². The zero-order valence-corrected chi connectivity index (χ0v) is 48.1. The molecule has 5 aliphatic rings. The predicted octanol–water partition coefficient (Wildman–Crippen LogP) is 5.60. The van der Waals surface area contributed by atoms with E-state index >= 15 is 0 Å². The van der Waals surface area contributed by atoms with Crippen LogP contribution in [0.1, 0.15) is 89.1 Å². The van der Waals surface area contributed by atoms with E-state index in [-0.39, 0.29) is 54.5 Å². The maximum absolute atomic E-state index is 14.9. The summed E-state index contributed by atoms with van der Waals surface area (Å²) in [5.41, 5.74) is 18.2. The van der Waals surface area contributed by atoms with Crippen molar-refractivity contribution >= 4 is 55.7 Å². The van der Waals surface area contributed by atoms with Crippen molar-refractivity contribution in [3.8, 4) is 28.7 Å². The van der Waals surface area contributed by atoms with Gasteiger partial charge in [-0.2, -0.15) is 0 Å². The van der Waals surface area contributed by atoms with Gasteiger partial charge in [0.05, 0.1) is 36.5 Å². The van der Waals surface area contributed by atoms with Crippen molar-refractivity contribution in [1.29, 1.82) is 0 Å². The van der Waals surface area contributed by atoms with Crippen molar-refractivity contribution in [3.05, 3.63) is 112 Å². The van der Waals surface area contributed by atoms with Gasteiger partial charge in [0.15, 0.2) is 9.84 Å². The highest BCUT2D eigenvalue weighted by molar-refractivity contribution is 7.91. The number of cyclic esters (lactones) is 1. The molecule has 0 saturated carbocycles. The zero-order chi connectivity index (χ0) is 57.2. The number of hydrazine groups is 1. The monoisotopic (exact) mass is 1110 g/mol. The van der Waals surface area contributed by atoms with Crippen LogP contribution in [0.4, 0.5) is 5.69 Å². The molecule has 19 heteroatoms. The lowest BCUT2D eigenvalue weighted by molar-refractivity contribution is -0.155. The number of dihydropyridines is 1. The summed E-state index contributed by atoms with van der Waals surface area (Å²) in [6, 6.07) is 16.6. The number of allylic oxidation sites excluding steroid dienone is 3. The Morgan fingerprint density at radius 2 is 1.77 bits per heavy atom. The van der Waals surface area contributed by atoms with E-state index in [2.05, 4.69) is 76.3 Å². The minimum Gasteiger partial charge on any atom is -0.508 e. The number of sulfone groups is 1. The fraction of sp³-hybridized carbons (Fsp3) is 0.475. The topological polar surface area (TPSA) is 227 Å². The number of anilines is 1. The summed E-state index contributed by atoms with van der Waals surface area (Å²) in [5.74, 6) is 4.55. The number of benzene rings is 3. The molecule has 80 heavy (non-hydrogen) atoms. The van der Waals surface area contributed by atoms with Gasteiger partial charge < -0.3 is 45.2 Å². The Bertz CT molecular complexity index is 3330. The minimum atomic E-state index is -3.02. The van der Waals surface area contributed by atoms with Gasteiger partial charge in [-0.1, -0.05) is 50.0 Å². The molecule has 3 saturated heterocycles. The number of likely N-dealkylation sites (N-methyl/N-ethyl adjacent to an activating group) is 1. The normalized spacial score (nSPS) is 22.7. The molecule has 4 aromatic rings. The Hall–Kier alpha value is -6.95. The van der Waals surface area contributed by atoms with Crippen LogP contribution in [-0.4, -0.2) is 152 Å². The number of aromatic nitrogens is 1. The Kier molecular flexibility index (Phi) is 17.3. The van der Waals surface area contributed by atoms with Crippen molar-refractivity contribution < 1.29 is 46.9 Å². The van der Waals surface area contributed by atoms with E-state index in [1.807, 2.05) is 31.2 Å². The molecule has 0 radical (unpaired) electrons. The average molecular weight is 1110 g/mol. The number of ether oxygens (including phenoxy) is 3. The maximum Gasteiger partial charge on any atom is 0.324 e. The van der Waals surface area contributed by atoms with Crippen LogP contribution in [-0.2, 0) is 62.6 Å². The van der Waals surface area contributed by atoms with E-state index in [0.29, 0.717) is 87.4 Å². The first-order valence-corrected chi connectivity index (χ1v) is 29.5. The Balaban J connectivity index is 1.10. The molecule has 0 aliphatic carbocycles. The molecule has 6 bridgehead atoms. The van der Waals surface area contributed by atoms with E-state index in [1.165, 1.54) is 17.0 Å². The number of aromatic hydroxyl groups is 1. The average Bonchev–Trinajstić information content (AvgIpc) is 4.14. The van der Waals surface area contributed by atoms with Crippen LogP contribution in [0.2, 0.25) is 0 Å². The largest absolute Gasteiger partial charge is 0.508 e. The third kappa shape index (κ3) is 12.6. The number of hydrogen-bond donors (Lipinski definition) is 5. The van der Waals surface area contributed by atoms with Crippen LogP contribution in [0, 0.1) is 17.3 Å². The first-order chi connectivity index (χ1) is 38.1. The number of nitrogens with two attached hydrogens (primary N) is 1. The van der Waals surface area contributed by atoms with E-state index in [1.54, 1.807) is 45.2 Å². The highest BCUT2D eigenvalue weighted by Gasteiger charge is 2.41. The lowest BCUT2D eigenvalue weighted by Crippen LogP contribution is -2.60. The first kappa shape index (κ1) is 57.7. The standard InChI is InChI=1S/C61H76N8O10S/c1-9-68-52-19-16-42-33-47(52)49(55(68)48-30-39(35-63-53(48)38(4)77-8)12-10-21-67-23-26-80(75,76)27-24-67)34-61(5,6)36-79-60(74)50-13-11-22-69(65-50)58(72)51(31-40-28-43(42)32-45(70)29-40)64-57(71)54(37(2)3)66(7)59(73)56-46(20-25-78-56)41-14-17-44(62)18-15-41/h14-19,28-30,32-33,38,46,50-51,56,63,65,70H,9,11,13,20-27,31,34-36,62H2,1-8H3,(H,64,71)/t38-,46+,50-,51-,56+/m0/s1. The van der Waals surface area contributed by atoms with Crippen molar-refractivity contribution in [1.82, 2.24) is 35.4 Å². The van der Waals surface area contributed by atoms with Gasteiger partial charge in [0.2, 0.25) is 0 Å². The van der Waals surface area contributed by atoms with E-state index in [0.717, 1.165) is 50.1 Å². The van der Waals surface area contributed by atoms with Crippen molar-refractivity contribution in [2.45, 2.75) is 110 Å². The number of methoxy groups -OCH3 is 1. The highest BCUT2D eigenvalue weighted by Crippen LogP contribution is 2.41. The molecule has 5 aliphatic heterocycles. The predicted molar refractivity (Wildman–Crippen MR) is 308 cm³/mol. The van der Waals surface area contributed by atoms with Gasteiger partial charge in [0.25, 0.3) is 17.7 Å². The van der Waals surface area contributed by atoms with Crippen molar-refractivity contribution in [2.75, 3.05) is 77.3 Å². The lowest BCUT2D eigenvalue weighted by Gasteiger charge is -2.36. The Labute approximate surface area is 469 Å². The second kappa shape index (κ2) is 24.0. The van der Waals surface area contributed by atoms with Gasteiger partial charge in [-0.25, -0.2) is 13.8 Å². The quantitative estimate of drug-likeness (QED) is 0.0565. The zero-order valence-electron chi connectivity index (χ0n) is 47.2. The molecular weight excluding hydrogens is 1040 g/mol. The number of amides is 3. The number of hydrogen-bond acceptors (Lipinski definition) is 14. The number of nitrogens with zero attached hydrogens (tertiary/aromatic N) is 4. The molecular formula is C61H76N8O10S. The SMILES string of the molecule is CCn1c(C2=C([C@H](C)OC)NCC(C#CCN3CCS(=O)(=O)CC3)=C2)c2c3cc(ccc31)-c1cc(O)cc(c1)C[C@H](NC(=O)C(=C(C)C)N(C)C(=O)[C@@H]1OCC[C@@H]1c1ccc(N)cc1)C(=O)N1CCC[C@H](N1)C(=O)OCC(C)(C)C2. The van der Waals surface area contributed by atoms with Gasteiger partial charge in [-0.3, -0.25) is 29.1 Å². The van der Waals surface area contributed by atoms with Crippen molar-refractivity contribution in [3.63, 3.8) is 0 Å². The molecule has 5 atom stereocenters. The summed E-state index contributed by atoms with van der Waals surface area (Å²) >= 11 is 0. The summed E-state index contributed by atoms with van der Waals surface area (Å²) in [6.07, 6.45) is 2.83. The summed E-state index contributed by atoms with van der Waals surface area (Å²) < 4.78 is 44.7. The molecule has 18 nitrogen and oxygen atoms in total.